The Morgan fingerprint density at radius 1 is 1.07 bits per heavy atom. The number of benzene rings is 2. The van der Waals surface area contributed by atoms with Gasteiger partial charge in [0.15, 0.2) is 11.4 Å². The Kier molecular flexibility index (Phi) is 5.32. The van der Waals surface area contributed by atoms with E-state index in [-0.39, 0.29) is 17.7 Å². The maximum atomic E-state index is 13.0. The molecule has 0 aromatic heterocycles. The molecule has 6 nitrogen and oxygen atoms in total. The van der Waals surface area contributed by atoms with Gasteiger partial charge >= 0.3 is 5.97 Å². The minimum atomic E-state index is -2.02. The van der Waals surface area contributed by atoms with Crippen LogP contribution in [0, 0.1) is 0 Å². The smallest absolute Gasteiger partial charge is 0.325 e. The largest absolute Gasteiger partial charge is 0.468 e. The van der Waals surface area contributed by atoms with Gasteiger partial charge in [-0.2, -0.15) is 0 Å². The first-order valence-electron chi connectivity index (χ1n) is 9.42. The van der Waals surface area contributed by atoms with Crippen molar-refractivity contribution in [3.63, 3.8) is 0 Å². The topological polar surface area (TPSA) is 83.9 Å². The molecule has 0 saturated carbocycles. The molecule has 2 aromatic rings. The van der Waals surface area contributed by atoms with Gasteiger partial charge < -0.3 is 9.84 Å². The number of anilines is 1. The second kappa shape index (κ2) is 7.44. The summed E-state index contributed by atoms with van der Waals surface area (Å²) in [7, 11) is 1.23. The van der Waals surface area contributed by atoms with Crippen molar-refractivity contribution in [1.29, 1.82) is 0 Å². The number of amides is 1. The molecular weight excluding hydrogens is 370 g/mol. The first kappa shape index (κ1) is 20.7. The second-order valence-corrected chi connectivity index (χ2v) is 8.27. The standard InChI is InChI=1S/C23H25NO5/c1-22(2,3)16-11-9-15(10-12-16)19(25)13-23(28)17-7-5-6-8-18(17)24(21(23)27)14-20(26)29-4/h5-12,28H,13-14H2,1-4H3/t23-/m0/s1. The van der Waals surface area contributed by atoms with E-state index in [9.17, 15) is 19.5 Å². The Morgan fingerprint density at radius 3 is 2.28 bits per heavy atom. The highest BCUT2D eigenvalue weighted by Gasteiger charge is 2.51. The van der Waals surface area contributed by atoms with E-state index >= 15 is 0 Å². The van der Waals surface area contributed by atoms with Crippen molar-refractivity contribution >= 4 is 23.3 Å². The Balaban J connectivity index is 1.90. The molecule has 0 saturated heterocycles. The Morgan fingerprint density at radius 2 is 1.69 bits per heavy atom. The molecule has 0 unspecified atom stereocenters. The van der Waals surface area contributed by atoms with Crippen LogP contribution in [0.2, 0.25) is 0 Å². The van der Waals surface area contributed by atoms with E-state index in [0.29, 0.717) is 16.8 Å². The third-order valence-electron chi connectivity index (χ3n) is 5.24. The molecule has 1 aliphatic rings. The number of ketones is 1. The van der Waals surface area contributed by atoms with Gasteiger partial charge in [0.1, 0.15) is 6.54 Å². The molecule has 1 aliphatic heterocycles. The quantitative estimate of drug-likeness (QED) is 0.622. The summed E-state index contributed by atoms with van der Waals surface area (Å²) in [6.07, 6.45) is -0.407. The van der Waals surface area contributed by atoms with Gasteiger partial charge in [-0.1, -0.05) is 63.2 Å². The van der Waals surface area contributed by atoms with E-state index in [1.54, 1.807) is 36.4 Å². The monoisotopic (exact) mass is 395 g/mol. The Labute approximate surface area is 170 Å². The molecule has 1 amide bonds. The van der Waals surface area contributed by atoms with Gasteiger partial charge in [-0.3, -0.25) is 19.3 Å². The molecule has 0 aliphatic carbocycles. The number of fused-ring (bicyclic) bond motifs is 1. The lowest BCUT2D eigenvalue weighted by Gasteiger charge is -2.23. The molecule has 29 heavy (non-hydrogen) atoms. The molecule has 152 valence electrons. The van der Waals surface area contributed by atoms with Crippen LogP contribution in [0.4, 0.5) is 5.69 Å². The number of Topliss-reactive ketones (excluding diaryl/α,β-unsaturated/α-hetero) is 1. The number of nitrogens with zero attached hydrogens (tertiary/aromatic N) is 1. The fourth-order valence-corrected chi connectivity index (χ4v) is 3.52. The number of esters is 1. The highest BCUT2D eigenvalue weighted by molar-refractivity contribution is 6.12. The molecule has 2 aromatic carbocycles. The van der Waals surface area contributed by atoms with Gasteiger partial charge in [0.05, 0.1) is 19.2 Å². The first-order chi connectivity index (χ1) is 13.6. The summed E-state index contributed by atoms with van der Waals surface area (Å²) >= 11 is 0. The predicted octanol–water partition coefficient (Wildman–Crippen LogP) is 2.96. The van der Waals surface area contributed by atoms with E-state index < -0.39 is 23.9 Å². The zero-order valence-corrected chi connectivity index (χ0v) is 17.1. The molecule has 1 heterocycles. The highest BCUT2D eigenvalue weighted by atomic mass is 16.5. The first-order valence-corrected chi connectivity index (χ1v) is 9.42. The summed E-state index contributed by atoms with van der Waals surface area (Å²) in [4.78, 5) is 38.8. The predicted molar refractivity (Wildman–Crippen MR) is 109 cm³/mol. The number of carbonyl (C=O) groups excluding carboxylic acids is 3. The van der Waals surface area contributed by atoms with E-state index in [1.165, 1.54) is 7.11 Å². The van der Waals surface area contributed by atoms with Gasteiger partial charge in [-0.05, 0) is 17.0 Å². The lowest BCUT2D eigenvalue weighted by molar-refractivity contribution is -0.142. The number of aliphatic hydroxyl groups is 1. The van der Waals surface area contributed by atoms with E-state index in [0.717, 1.165) is 10.5 Å². The SMILES string of the molecule is COC(=O)CN1C(=O)[C@](O)(CC(=O)c2ccc(C(C)(C)C)cc2)c2ccccc21. The number of para-hydroxylation sites is 1. The average molecular weight is 395 g/mol. The fraction of sp³-hybridized carbons (Fsp3) is 0.348. The van der Waals surface area contributed by atoms with Crippen LogP contribution in [0.25, 0.3) is 0 Å². The number of hydrogen-bond donors (Lipinski definition) is 1. The van der Waals surface area contributed by atoms with Crippen molar-refractivity contribution in [1.82, 2.24) is 0 Å². The van der Waals surface area contributed by atoms with Crippen molar-refractivity contribution in [3.05, 3.63) is 65.2 Å². The zero-order chi connectivity index (χ0) is 21.4. The fourth-order valence-electron chi connectivity index (χ4n) is 3.52. The van der Waals surface area contributed by atoms with Crippen LogP contribution < -0.4 is 4.90 Å². The summed E-state index contributed by atoms with van der Waals surface area (Å²) in [5, 5.41) is 11.2. The Hall–Kier alpha value is -2.99. The van der Waals surface area contributed by atoms with Crippen molar-refractivity contribution in [2.45, 2.75) is 38.2 Å². The summed E-state index contributed by atoms with van der Waals surface area (Å²) in [6, 6.07) is 13.8. The minimum absolute atomic E-state index is 0.0471. The maximum Gasteiger partial charge on any atom is 0.325 e. The Bertz CT molecular complexity index is 958. The molecule has 0 bridgehead atoms. The van der Waals surface area contributed by atoms with Crippen molar-refractivity contribution in [2.24, 2.45) is 0 Å². The molecule has 3 rings (SSSR count). The van der Waals surface area contributed by atoms with Crippen molar-refractivity contribution in [2.75, 3.05) is 18.6 Å². The van der Waals surface area contributed by atoms with E-state index in [1.807, 2.05) is 12.1 Å². The minimum Gasteiger partial charge on any atom is -0.468 e. The summed E-state index contributed by atoms with van der Waals surface area (Å²) in [5.41, 5.74) is 0.149. The normalized spacial score (nSPS) is 18.5. The van der Waals surface area contributed by atoms with Gasteiger partial charge in [-0.25, -0.2) is 0 Å². The summed E-state index contributed by atoms with van der Waals surface area (Å²) in [6.45, 7) is 5.91. The van der Waals surface area contributed by atoms with Gasteiger partial charge in [0, 0.05) is 11.1 Å². The van der Waals surface area contributed by atoms with Gasteiger partial charge in [-0.15, -0.1) is 0 Å². The van der Waals surface area contributed by atoms with Crippen LogP contribution in [0.5, 0.6) is 0 Å². The summed E-state index contributed by atoms with van der Waals surface area (Å²) < 4.78 is 4.65. The van der Waals surface area contributed by atoms with Crippen LogP contribution in [0.15, 0.2) is 48.5 Å². The molecule has 0 radical (unpaired) electrons. The molecule has 0 fully saturated rings. The van der Waals surface area contributed by atoms with Gasteiger partial charge in [0.2, 0.25) is 0 Å². The number of hydrogen-bond acceptors (Lipinski definition) is 5. The van der Waals surface area contributed by atoms with Crippen molar-refractivity contribution < 1.29 is 24.2 Å². The van der Waals surface area contributed by atoms with Crippen LogP contribution >= 0.6 is 0 Å². The number of carbonyl (C=O) groups is 3. The third-order valence-corrected chi connectivity index (χ3v) is 5.24. The van der Waals surface area contributed by atoms with Crippen LogP contribution in [0.3, 0.4) is 0 Å². The molecular formula is C23H25NO5. The van der Waals surface area contributed by atoms with Gasteiger partial charge in [0.25, 0.3) is 5.91 Å². The van der Waals surface area contributed by atoms with Crippen LogP contribution in [-0.2, 0) is 25.3 Å². The summed E-state index contributed by atoms with van der Waals surface area (Å²) in [5.74, 6) is -1.67. The number of methoxy groups -OCH3 is 1. The molecule has 1 atom stereocenters. The average Bonchev–Trinajstić information content (AvgIpc) is 2.89. The zero-order valence-electron chi connectivity index (χ0n) is 17.1. The van der Waals surface area contributed by atoms with E-state index in [2.05, 4.69) is 25.5 Å². The second-order valence-electron chi connectivity index (χ2n) is 8.27. The van der Waals surface area contributed by atoms with Crippen LogP contribution in [-0.4, -0.2) is 36.4 Å². The maximum absolute atomic E-state index is 13.0. The lowest BCUT2D eigenvalue weighted by atomic mass is 9.85. The van der Waals surface area contributed by atoms with Crippen molar-refractivity contribution in [3.8, 4) is 0 Å². The molecule has 0 spiro atoms. The van der Waals surface area contributed by atoms with E-state index in [4.69, 9.17) is 0 Å². The highest BCUT2D eigenvalue weighted by Crippen LogP contribution is 2.42. The molecule has 1 N–H and O–H groups in total. The lowest BCUT2D eigenvalue weighted by Crippen LogP contribution is -2.43. The third kappa shape index (κ3) is 3.80. The molecule has 6 heteroatoms. The number of ether oxygens (including phenoxy) is 1. The number of rotatable bonds is 5. The van der Waals surface area contributed by atoms with Crippen LogP contribution in [0.1, 0.15) is 48.7 Å².